The van der Waals surface area contributed by atoms with Crippen molar-refractivity contribution >= 4 is 23.4 Å². The van der Waals surface area contributed by atoms with Crippen molar-refractivity contribution in [2.75, 3.05) is 5.75 Å². The maximum Gasteiger partial charge on any atom is 0.223 e. The predicted molar refractivity (Wildman–Crippen MR) is 59.7 cm³/mol. The molecule has 76 valence electrons. The second-order valence-electron chi connectivity index (χ2n) is 3.63. The Morgan fingerprint density at radius 3 is 2.93 bits per heavy atom. The van der Waals surface area contributed by atoms with Gasteiger partial charge >= 0.3 is 0 Å². The van der Waals surface area contributed by atoms with E-state index in [1.807, 2.05) is 6.07 Å². The normalized spacial score (nSPS) is 17.5. The van der Waals surface area contributed by atoms with E-state index in [1.54, 1.807) is 18.0 Å². The number of halogens is 1. The van der Waals surface area contributed by atoms with Crippen molar-refractivity contribution in [1.82, 2.24) is 9.97 Å². The standard InChI is InChI=1S/C10H13ClN2S/c11-10-12-6-5-9(13-10)14-7-8-3-1-2-4-8/h5-6,8H,1-4,7H2. The van der Waals surface area contributed by atoms with Crippen molar-refractivity contribution in [2.45, 2.75) is 30.7 Å². The van der Waals surface area contributed by atoms with Crippen LogP contribution in [-0.2, 0) is 0 Å². The second kappa shape index (κ2) is 4.99. The molecule has 0 unspecified atom stereocenters. The van der Waals surface area contributed by atoms with Crippen molar-refractivity contribution < 1.29 is 0 Å². The van der Waals surface area contributed by atoms with E-state index in [0.717, 1.165) is 10.9 Å². The van der Waals surface area contributed by atoms with Gasteiger partial charge in [-0.15, -0.1) is 11.8 Å². The molecule has 1 saturated carbocycles. The van der Waals surface area contributed by atoms with Gasteiger partial charge in [0.1, 0.15) is 5.03 Å². The van der Waals surface area contributed by atoms with Crippen LogP contribution < -0.4 is 0 Å². The summed E-state index contributed by atoms with van der Waals surface area (Å²) < 4.78 is 0. The van der Waals surface area contributed by atoms with Crippen LogP contribution in [0.25, 0.3) is 0 Å². The average molecular weight is 229 g/mol. The minimum Gasteiger partial charge on any atom is -0.226 e. The van der Waals surface area contributed by atoms with Crippen molar-refractivity contribution in [2.24, 2.45) is 5.92 Å². The molecular formula is C10H13ClN2S. The molecule has 2 rings (SSSR count). The summed E-state index contributed by atoms with van der Waals surface area (Å²) in [7, 11) is 0. The third kappa shape index (κ3) is 2.85. The van der Waals surface area contributed by atoms with Crippen LogP contribution in [-0.4, -0.2) is 15.7 Å². The Hall–Kier alpha value is -0.280. The molecule has 1 aromatic heterocycles. The van der Waals surface area contributed by atoms with Crippen molar-refractivity contribution in [3.05, 3.63) is 17.5 Å². The first kappa shape index (κ1) is 10.2. The lowest BCUT2D eigenvalue weighted by molar-refractivity contribution is 0.623. The summed E-state index contributed by atoms with van der Waals surface area (Å²) in [6, 6.07) is 1.92. The van der Waals surface area contributed by atoms with Crippen LogP contribution in [0.4, 0.5) is 0 Å². The van der Waals surface area contributed by atoms with E-state index in [-0.39, 0.29) is 0 Å². The Morgan fingerprint density at radius 1 is 1.43 bits per heavy atom. The van der Waals surface area contributed by atoms with Crippen LogP contribution in [0.5, 0.6) is 0 Å². The fourth-order valence-electron chi connectivity index (χ4n) is 1.78. The lowest BCUT2D eigenvalue weighted by atomic mass is 10.1. The van der Waals surface area contributed by atoms with Crippen LogP contribution in [0, 0.1) is 5.92 Å². The third-order valence-corrected chi connectivity index (χ3v) is 3.89. The minimum atomic E-state index is 0.349. The molecule has 0 amide bonds. The quantitative estimate of drug-likeness (QED) is 0.451. The highest BCUT2D eigenvalue weighted by atomic mass is 35.5. The molecule has 1 aromatic rings. The van der Waals surface area contributed by atoms with E-state index in [1.165, 1.54) is 31.4 Å². The maximum atomic E-state index is 5.70. The van der Waals surface area contributed by atoms with E-state index >= 15 is 0 Å². The van der Waals surface area contributed by atoms with Crippen LogP contribution in [0.2, 0.25) is 5.28 Å². The topological polar surface area (TPSA) is 25.8 Å². The molecule has 0 aliphatic heterocycles. The molecule has 4 heteroatoms. The monoisotopic (exact) mass is 228 g/mol. The summed E-state index contributed by atoms with van der Waals surface area (Å²) in [6.45, 7) is 0. The first-order valence-corrected chi connectivity index (χ1v) is 6.32. The van der Waals surface area contributed by atoms with Gasteiger partial charge in [0.05, 0.1) is 0 Å². The zero-order valence-electron chi connectivity index (χ0n) is 7.95. The lowest BCUT2D eigenvalue weighted by Gasteiger charge is -2.06. The molecule has 0 atom stereocenters. The van der Waals surface area contributed by atoms with Crippen molar-refractivity contribution in [1.29, 1.82) is 0 Å². The Labute approximate surface area is 93.5 Å². The fourth-order valence-corrected chi connectivity index (χ4v) is 3.03. The molecule has 1 aliphatic carbocycles. The number of aromatic nitrogens is 2. The summed E-state index contributed by atoms with van der Waals surface area (Å²) in [5, 5.41) is 1.35. The number of rotatable bonds is 3. The van der Waals surface area contributed by atoms with Crippen LogP contribution in [0.1, 0.15) is 25.7 Å². The first-order valence-electron chi connectivity index (χ1n) is 4.96. The molecule has 0 N–H and O–H groups in total. The number of thioether (sulfide) groups is 1. The Morgan fingerprint density at radius 2 is 2.21 bits per heavy atom. The van der Waals surface area contributed by atoms with Crippen molar-refractivity contribution in [3.63, 3.8) is 0 Å². The largest absolute Gasteiger partial charge is 0.226 e. The summed E-state index contributed by atoms with van der Waals surface area (Å²) in [6.07, 6.45) is 7.27. The fraction of sp³-hybridized carbons (Fsp3) is 0.600. The predicted octanol–water partition coefficient (Wildman–Crippen LogP) is 3.41. The number of hydrogen-bond acceptors (Lipinski definition) is 3. The summed E-state index contributed by atoms with van der Waals surface area (Å²) in [4.78, 5) is 8.01. The first-order chi connectivity index (χ1) is 6.84. The zero-order valence-corrected chi connectivity index (χ0v) is 9.52. The highest BCUT2D eigenvalue weighted by Crippen LogP contribution is 2.30. The molecule has 1 aliphatic rings. The van der Waals surface area contributed by atoms with Gasteiger partial charge in [-0.3, -0.25) is 0 Å². The SMILES string of the molecule is Clc1nccc(SCC2CCCC2)n1. The van der Waals surface area contributed by atoms with Gasteiger partial charge in [-0.25, -0.2) is 9.97 Å². The van der Waals surface area contributed by atoms with Crippen LogP contribution in [0.15, 0.2) is 17.3 Å². The molecule has 0 bridgehead atoms. The maximum absolute atomic E-state index is 5.70. The highest BCUT2D eigenvalue weighted by Gasteiger charge is 2.15. The third-order valence-electron chi connectivity index (χ3n) is 2.54. The molecule has 0 saturated heterocycles. The molecule has 0 radical (unpaired) electrons. The smallest absolute Gasteiger partial charge is 0.223 e. The zero-order chi connectivity index (χ0) is 9.80. The number of nitrogens with zero attached hydrogens (tertiary/aromatic N) is 2. The van der Waals surface area contributed by atoms with Gasteiger partial charge in [-0.1, -0.05) is 12.8 Å². The van der Waals surface area contributed by atoms with Crippen molar-refractivity contribution in [3.8, 4) is 0 Å². The summed E-state index contributed by atoms with van der Waals surface area (Å²) >= 11 is 7.50. The summed E-state index contributed by atoms with van der Waals surface area (Å²) in [5.41, 5.74) is 0. The summed E-state index contributed by atoms with van der Waals surface area (Å²) in [5.74, 6) is 2.06. The highest BCUT2D eigenvalue weighted by molar-refractivity contribution is 7.99. The van der Waals surface area contributed by atoms with Gasteiger partial charge in [-0.2, -0.15) is 0 Å². The van der Waals surface area contributed by atoms with Gasteiger partial charge in [0.25, 0.3) is 0 Å². The molecule has 0 spiro atoms. The molecule has 14 heavy (non-hydrogen) atoms. The van der Waals surface area contributed by atoms with E-state index in [0.29, 0.717) is 5.28 Å². The van der Waals surface area contributed by atoms with Crippen LogP contribution >= 0.6 is 23.4 Å². The Balaban J connectivity index is 1.85. The molecule has 1 heterocycles. The van der Waals surface area contributed by atoms with Gasteiger partial charge < -0.3 is 0 Å². The average Bonchev–Trinajstić information content (AvgIpc) is 2.67. The van der Waals surface area contributed by atoms with Gasteiger partial charge in [0, 0.05) is 11.9 Å². The Bertz CT molecular complexity index is 300. The molecular weight excluding hydrogens is 216 g/mol. The van der Waals surface area contributed by atoms with Crippen LogP contribution in [0.3, 0.4) is 0 Å². The molecule has 0 aromatic carbocycles. The van der Waals surface area contributed by atoms with E-state index in [4.69, 9.17) is 11.6 Å². The Kier molecular flexibility index (Phi) is 3.65. The number of hydrogen-bond donors (Lipinski definition) is 0. The van der Waals surface area contributed by atoms with E-state index in [2.05, 4.69) is 9.97 Å². The molecule has 2 nitrogen and oxygen atoms in total. The minimum absolute atomic E-state index is 0.349. The van der Waals surface area contributed by atoms with E-state index < -0.39 is 0 Å². The molecule has 1 fully saturated rings. The van der Waals surface area contributed by atoms with E-state index in [9.17, 15) is 0 Å². The van der Waals surface area contributed by atoms with Gasteiger partial charge in [0.2, 0.25) is 5.28 Å². The lowest BCUT2D eigenvalue weighted by Crippen LogP contribution is -1.97. The second-order valence-corrected chi connectivity index (χ2v) is 5.00. The van der Waals surface area contributed by atoms with Gasteiger partial charge in [0.15, 0.2) is 0 Å². The van der Waals surface area contributed by atoms with Gasteiger partial charge in [-0.05, 0) is 36.4 Å².